The molecule has 0 radical (unpaired) electrons. The lowest BCUT2D eigenvalue weighted by atomic mass is 9.63. The van der Waals surface area contributed by atoms with Crippen molar-refractivity contribution >= 4 is 35.0 Å². The first kappa shape index (κ1) is 16.8. The van der Waals surface area contributed by atoms with Crippen LogP contribution in [0.3, 0.4) is 0 Å². The van der Waals surface area contributed by atoms with Gasteiger partial charge in [-0.1, -0.05) is 23.8 Å². The van der Waals surface area contributed by atoms with E-state index < -0.39 is 5.91 Å². The van der Waals surface area contributed by atoms with Crippen LogP contribution in [0.4, 0.5) is 5.69 Å². The lowest BCUT2D eigenvalue weighted by Crippen LogP contribution is -2.40. The molecular weight excluding hydrogens is 368 g/mol. The fourth-order valence-corrected chi connectivity index (χ4v) is 5.46. The normalized spacial score (nSPS) is 35.1. The predicted octanol–water partition coefficient (Wildman–Crippen LogP) is 2.34. The van der Waals surface area contributed by atoms with Crippen LogP contribution in [0.1, 0.15) is 6.42 Å². The summed E-state index contributed by atoms with van der Waals surface area (Å²) in [6, 6.07) is 4.88. The van der Waals surface area contributed by atoms with Crippen molar-refractivity contribution in [3.63, 3.8) is 0 Å². The number of hydrogen-bond acceptors (Lipinski definition) is 4. The van der Waals surface area contributed by atoms with E-state index in [4.69, 9.17) is 16.3 Å². The maximum Gasteiger partial charge on any atom is 0.244 e. The summed E-state index contributed by atoms with van der Waals surface area (Å²) < 4.78 is 5.21. The Hall–Kier alpha value is -2.34. The highest BCUT2D eigenvalue weighted by molar-refractivity contribution is 6.31. The molecular formula is C20H19ClN2O4. The van der Waals surface area contributed by atoms with Crippen molar-refractivity contribution in [1.82, 2.24) is 4.90 Å². The second kappa shape index (κ2) is 5.83. The first-order valence-electron chi connectivity index (χ1n) is 9.16. The molecule has 1 aromatic rings. The molecule has 2 saturated carbocycles. The third-order valence-electron chi connectivity index (χ3n) is 6.49. The van der Waals surface area contributed by atoms with Crippen molar-refractivity contribution in [3.05, 3.63) is 35.4 Å². The van der Waals surface area contributed by atoms with Gasteiger partial charge in [0.2, 0.25) is 17.7 Å². The van der Waals surface area contributed by atoms with E-state index >= 15 is 0 Å². The molecule has 27 heavy (non-hydrogen) atoms. The molecule has 1 aliphatic heterocycles. The Morgan fingerprint density at radius 3 is 2.41 bits per heavy atom. The fraction of sp³-hybridized carbons (Fsp3) is 0.450. The Bertz CT molecular complexity index is 862. The van der Waals surface area contributed by atoms with Gasteiger partial charge < -0.3 is 10.1 Å². The number of nitrogens with one attached hydrogen (secondary N) is 1. The minimum Gasteiger partial charge on any atom is -0.495 e. The maximum absolute atomic E-state index is 12.9. The van der Waals surface area contributed by atoms with E-state index in [1.54, 1.807) is 18.2 Å². The zero-order chi connectivity index (χ0) is 18.9. The molecule has 1 heterocycles. The van der Waals surface area contributed by atoms with Gasteiger partial charge in [-0.2, -0.15) is 0 Å². The van der Waals surface area contributed by atoms with Crippen LogP contribution < -0.4 is 10.1 Å². The summed E-state index contributed by atoms with van der Waals surface area (Å²) in [6.45, 7) is -0.283. The number of amides is 3. The van der Waals surface area contributed by atoms with E-state index in [-0.39, 0.29) is 42.0 Å². The first-order chi connectivity index (χ1) is 13.0. The molecule has 7 heteroatoms. The molecule has 3 amide bonds. The molecule has 0 unspecified atom stereocenters. The minimum atomic E-state index is -0.443. The van der Waals surface area contributed by atoms with E-state index in [0.29, 0.717) is 28.3 Å². The third-order valence-corrected chi connectivity index (χ3v) is 6.73. The van der Waals surface area contributed by atoms with Gasteiger partial charge in [0.25, 0.3) is 0 Å². The molecule has 2 bridgehead atoms. The Balaban J connectivity index is 1.33. The van der Waals surface area contributed by atoms with Crippen LogP contribution in [0.25, 0.3) is 0 Å². The fourth-order valence-electron chi connectivity index (χ4n) is 5.29. The van der Waals surface area contributed by atoms with Gasteiger partial charge in [0.1, 0.15) is 12.3 Å². The molecule has 0 aromatic heterocycles. The predicted molar refractivity (Wildman–Crippen MR) is 98.1 cm³/mol. The van der Waals surface area contributed by atoms with Crippen LogP contribution in [-0.2, 0) is 14.4 Å². The highest BCUT2D eigenvalue weighted by Gasteiger charge is 2.67. The van der Waals surface area contributed by atoms with Crippen LogP contribution in [0, 0.1) is 35.5 Å². The molecule has 1 N–H and O–H groups in total. The van der Waals surface area contributed by atoms with Gasteiger partial charge in [-0.3, -0.25) is 19.3 Å². The van der Waals surface area contributed by atoms with Crippen molar-refractivity contribution in [3.8, 4) is 5.75 Å². The largest absolute Gasteiger partial charge is 0.495 e. The summed E-state index contributed by atoms with van der Waals surface area (Å²) in [5, 5.41) is 3.15. The molecule has 140 valence electrons. The van der Waals surface area contributed by atoms with Crippen LogP contribution in [-0.4, -0.2) is 36.3 Å². The SMILES string of the molecule is COc1ccc(Cl)cc1NC(=O)CN1C(=O)[C@@H]2[C@H]3C=C[C@H]([C@H]4C[C@H]34)[C@@H]2C1=O. The molecule has 1 saturated heterocycles. The van der Waals surface area contributed by atoms with Gasteiger partial charge >= 0.3 is 0 Å². The van der Waals surface area contributed by atoms with Gasteiger partial charge in [0.05, 0.1) is 24.6 Å². The van der Waals surface area contributed by atoms with E-state index in [0.717, 1.165) is 11.3 Å². The Morgan fingerprint density at radius 1 is 1.19 bits per heavy atom. The van der Waals surface area contributed by atoms with E-state index in [9.17, 15) is 14.4 Å². The monoisotopic (exact) mass is 386 g/mol. The topological polar surface area (TPSA) is 75.7 Å². The van der Waals surface area contributed by atoms with E-state index in [1.165, 1.54) is 7.11 Å². The molecule has 5 aliphatic rings. The Kier molecular flexibility index (Phi) is 3.63. The van der Waals surface area contributed by atoms with Crippen molar-refractivity contribution in [2.45, 2.75) is 6.42 Å². The molecule has 6 nitrogen and oxygen atoms in total. The number of ether oxygens (including phenoxy) is 1. The molecule has 1 aromatic carbocycles. The number of hydrogen-bond donors (Lipinski definition) is 1. The Morgan fingerprint density at radius 2 is 1.81 bits per heavy atom. The number of nitrogens with zero attached hydrogens (tertiary/aromatic N) is 1. The number of anilines is 1. The number of allylic oxidation sites excluding steroid dienone is 2. The number of halogens is 1. The summed E-state index contributed by atoms with van der Waals surface area (Å²) in [4.78, 5) is 39.5. The van der Waals surface area contributed by atoms with Gasteiger partial charge in [-0.15, -0.1) is 0 Å². The lowest BCUT2D eigenvalue weighted by molar-refractivity contribution is -0.142. The molecule has 3 fully saturated rings. The lowest BCUT2D eigenvalue weighted by Gasteiger charge is -2.37. The maximum atomic E-state index is 12.9. The smallest absolute Gasteiger partial charge is 0.244 e. The number of carbonyl (C=O) groups excluding carboxylic acids is 3. The van der Waals surface area contributed by atoms with Gasteiger partial charge in [-0.25, -0.2) is 0 Å². The van der Waals surface area contributed by atoms with E-state index in [2.05, 4.69) is 17.5 Å². The summed E-state index contributed by atoms with van der Waals surface area (Å²) >= 11 is 5.98. The summed E-state index contributed by atoms with van der Waals surface area (Å²) in [5.74, 6) is 0.430. The van der Waals surface area contributed by atoms with E-state index in [1.807, 2.05) is 0 Å². The van der Waals surface area contributed by atoms with Crippen molar-refractivity contribution in [1.29, 1.82) is 0 Å². The number of rotatable bonds is 4. The Labute approximate surface area is 161 Å². The zero-order valence-corrected chi connectivity index (χ0v) is 15.5. The highest BCUT2D eigenvalue weighted by atomic mass is 35.5. The second-order valence-corrected chi connectivity index (χ2v) is 8.25. The van der Waals surface area contributed by atoms with Crippen LogP contribution in [0.2, 0.25) is 5.02 Å². The summed E-state index contributed by atoms with van der Waals surface area (Å²) in [6.07, 6.45) is 5.35. The zero-order valence-electron chi connectivity index (χ0n) is 14.7. The third kappa shape index (κ3) is 2.42. The number of carbonyl (C=O) groups is 3. The number of benzene rings is 1. The molecule has 6 rings (SSSR count). The summed E-state index contributed by atoms with van der Waals surface area (Å²) in [7, 11) is 1.49. The van der Waals surface area contributed by atoms with Crippen molar-refractivity contribution in [2.24, 2.45) is 35.5 Å². The number of imide groups is 1. The summed E-state index contributed by atoms with van der Waals surface area (Å²) in [5.41, 5.74) is 0.412. The molecule has 6 atom stereocenters. The van der Waals surface area contributed by atoms with Crippen LogP contribution in [0.15, 0.2) is 30.4 Å². The second-order valence-electron chi connectivity index (χ2n) is 7.81. The number of likely N-dealkylation sites (tertiary alicyclic amines) is 1. The number of methoxy groups -OCH3 is 1. The quantitative estimate of drug-likeness (QED) is 0.636. The standard InChI is InChI=1S/C20H19ClN2O4/c1-27-15-5-2-9(21)6-14(15)22-16(24)8-23-19(25)17-10-3-4-11(13-7-12(10)13)18(17)20(23)26/h2-6,10-13,17-18H,7-8H2,1H3,(H,22,24)/t10-,11+,12-,13-,17+,18-/m1/s1. The highest BCUT2D eigenvalue weighted by Crippen LogP contribution is 2.65. The molecule has 4 aliphatic carbocycles. The van der Waals surface area contributed by atoms with Gasteiger partial charge in [0.15, 0.2) is 0 Å². The van der Waals surface area contributed by atoms with Gasteiger partial charge in [0, 0.05) is 5.02 Å². The van der Waals surface area contributed by atoms with Crippen LogP contribution >= 0.6 is 11.6 Å². The minimum absolute atomic E-state index is 0.155. The van der Waals surface area contributed by atoms with Gasteiger partial charge in [-0.05, 0) is 48.3 Å². The van der Waals surface area contributed by atoms with Crippen LogP contribution in [0.5, 0.6) is 5.75 Å². The van der Waals surface area contributed by atoms with Crippen molar-refractivity contribution < 1.29 is 19.1 Å². The molecule has 0 spiro atoms. The average Bonchev–Trinajstić information content (AvgIpc) is 3.43. The first-order valence-corrected chi connectivity index (χ1v) is 9.54. The average molecular weight is 387 g/mol. The van der Waals surface area contributed by atoms with Crippen molar-refractivity contribution in [2.75, 3.05) is 19.0 Å².